The van der Waals surface area contributed by atoms with Crippen molar-refractivity contribution in [2.45, 2.75) is 19.1 Å². The van der Waals surface area contributed by atoms with Crippen LogP contribution in [0.4, 0.5) is 0 Å². The van der Waals surface area contributed by atoms with E-state index in [0.29, 0.717) is 17.7 Å². The Morgan fingerprint density at radius 1 is 1.52 bits per heavy atom. The number of halogens is 1. The van der Waals surface area contributed by atoms with Gasteiger partial charge in [0.1, 0.15) is 6.10 Å². The second kappa shape index (κ2) is 6.33. The van der Waals surface area contributed by atoms with Crippen molar-refractivity contribution in [1.82, 2.24) is 19.3 Å². The lowest BCUT2D eigenvalue weighted by molar-refractivity contribution is -0.00188. The molecule has 2 aromatic heterocycles. The Hall–Kier alpha value is -1.26. The number of hydrogen-bond acceptors (Lipinski definition) is 7. The van der Waals surface area contributed by atoms with Crippen LogP contribution in [0.15, 0.2) is 12.3 Å². The van der Waals surface area contributed by atoms with Gasteiger partial charge in [-0.2, -0.15) is 4.98 Å². The highest BCUT2D eigenvalue weighted by atomic mass is 35.5. The number of fused-ring (bicyclic) bond motifs is 1. The molecule has 1 aliphatic heterocycles. The molecule has 126 valence electrons. The van der Waals surface area contributed by atoms with Crippen molar-refractivity contribution < 1.29 is 18.3 Å². The molecule has 0 saturated carbocycles. The van der Waals surface area contributed by atoms with Crippen molar-refractivity contribution in [1.29, 1.82) is 0 Å². The summed E-state index contributed by atoms with van der Waals surface area (Å²) in [5.74, 6) is -0.397. The summed E-state index contributed by atoms with van der Waals surface area (Å²) in [6.45, 7) is 2.76. The fourth-order valence-corrected chi connectivity index (χ4v) is 3.93. The number of nitrogens with one attached hydrogen (secondary N) is 1. The molecule has 1 fully saturated rings. The van der Waals surface area contributed by atoms with E-state index in [-0.39, 0.29) is 23.1 Å². The van der Waals surface area contributed by atoms with Gasteiger partial charge >= 0.3 is 0 Å². The van der Waals surface area contributed by atoms with E-state index in [1.54, 1.807) is 6.07 Å². The zero-order valence-electron chi connectivity index (χ0n) is 12.4. The van der Waals surface area contributed by atoms with Crippen molar-refractivity contribution in [3.8, 4) is 0 Å². The number of nitrogens with zero attached hydrogens (tertiary/aromatic N) is 3. The van der Waals surface area contributed by atoms with Gasteiger partial charge in [-0.1, -0.05) is 0 Å². The lowest BCUT2D eigenvalue weighted by Crippen LogP contribution is -2.41. The molecule has 10 heteroatoms. The summed E-state index contributed by atoms with van der Waals surface area (Å²) >= 11 is 5.99. The fraction of sp³-hybridized carbons (Fsp3) is 0.538. The minimum absolute atomic E-state index is 0.00955. The SMILES string of the molecule is CC1NCCOC1c1nc(Cl)nc2c1ccn2S(=O)(=O)CCO. The molecule has 2 N–H and O–H groups in total. The second-order valence-corrected chi connectivity index (χ2v) is 7.60. The Balaban J connectivity index is 2.16. The van der Waals surface area contributed by atoms with Crippen LogP contribution < -0.4 is 5.32 Å². The van der Waals surface area contributed by atoms with Crippen LogP contribution >= 0.6 is 11.6 Å². The van der Waals surface area contributed by atoms with Gasteiger partial charge in [-0.05, 0) is 24.6 Å². The number of ether oxygens (including phenoxy) is 1. The van der Waals surface area contributed by atoms with Gasteiger partial charge in [0, 0.05) is 24.2 Å². The van der Waals surface area contributed by atoms with Gasteiger partial charge in [-0.15, -0.1) is 0 Å². The second-order valence-electron chi connectivity index (χ2n) is 5.30. The molecule has 2 atom stereocenters. The van der Waals surface area contributed by atoms with E-state index < -0.39 is 22.4 Å². The normalized spacial score (nSPS) is 22.6. The molecule has 0 bridgehead atoms. The third kappa shape index (κ3) is 3.07. The summed E-state index contributed by atoms with van der Waals surface area (Å²) in [4.78, 5) is 8.29. The average Bonchev–Trinajstić information content (AvgIpc) is 2.91. The first-order chi connectivity index (χ1) is 10.9. The first-order valence-electron chi connectivity index (χ1n) is 7.17. The molecule has 0 radical (unpaired) electrons. The zero-order valence-corrected chi connectivity index (χ0v) is 14.0. The number of aliphatic hydroxyl groups excluding tert-OH is 1. The molecular formula is C13H17ClN4O4S. The molecule has 3 rings (SSSR count). The van der Waals surface area contributed by atoms with Crippen molar-refractivity contribution >= 4 is 32.7 Å². The van der Waals surface area contributed by atoms with Gasteiger partial charge in [0.2, 0.25) is 15.3 Å². The Kier molecular flexibility index (Phi) is 4.56. The van der Waals surface area contributed by atoms with Crippen LogP contribution in [0.3, 0.4) is 0 Å². The van der Waals surface area contributed by atoms with Gasteiger partial charge in [0.05, 0.1) is 24.7 Å². The molecule has 3 heterocycles. The number of morpholine rings is 1. The zero-order chi connectivity index (χ0) is 16.6. The van der Waals surface area contributed by atoms with E-state index in [2.05, 4.69) is 15.3 Å². The third-order valence-corrected chi connectivity index (χ3v) is 5.51. The average molecular weight is 361 g/mol. The van der Waals surface area contributed by atoms with Gasteiger partial charge < -0.3 is 15.2 Å². The molecule has 0 aromatic carbocycles. The first kappa shape index (κ1) is 16.6. The summed E-state index contributed by atoms with van der Waals surface area (Å²) in [7, 11) is -3.71. The number of hydrogen-bond donors (Lipinski definition) is 2. The van der Waals surface area contributed by atoms with Crippen molar-refractivity contribution in [3.05, 3.63) is 23.2 Å². The highest BCUT2D eigenvalue weighted by Crippen LogP contribution is 2.30. The summed E-state index contributed by atoms with van der Waals surface area (Å²) in [5.41, 5.74) is 0.743. The van der Waals surface area contributed by atoms with Crippen LogP contribution in [-0.2, 0) is 14.8 Å². The molecule has 23 heavy (non-hydrogen) atoms. The maximum atomic E-state index is 12.2. The molecule has 0 aliphatic carbocycles. The summed E-state index contributed by atoms with van der Waals surface area (Å²) in [5, 5.41) is 12.7. The van der Waals surface area contributed by atoms with Crippen LogP contribution in [0, 0.1) is 0 Å². The van der Waals surface area contributed by atoms with Crippen molar-refractivity contribution in [2.24, 2.45) is 0 Å². The van der Waals surface area contributed by atoms with E-state index in [0.717, 1.165) is 10.5 Å². The Labute approximate surface area is 138 Å². The van der Waals surface area contributed by atoms with Crippen molar-refractivity contribution in [3.63, 3.8) is 0 Å². The van der Waals surface area contributed by atoms with E-state index in [1.165, 1.54) is 6.20 Å². The lowest BCUT2D eigenvalue weighted by Gasteiger charge is -2.30. The topological polar surface area (TPSA) is 106 Å². The lowest BCUT2D eigenvalue weighted by atomic mass is 10.1. The summed E-state index contributed by atoms with van der Waals surface area (Å²) < 4.78 is 31.2. The molecule has 1 aliphatic rings. The third-order valence-electron chi connectivity index (χ3n) is 3.75. The van der Waals surface area contributed by atoms with Gasteiger partial charge in [-0.25, -0.2) is 17.4 Å². The maximum Gasteiger partial charge on any atom is 0.242 e. The van der Waals surface area contributed by atoms with Crippen LogP contribution in [0.25, 0.3) is 11.0 Å². The van der Waals surface area contributed by atoms with Gasteiger partial charge in [0.25, 0.3) is 0 Å². The molecular weight excluding hydrogens is 344 g/mol. The molecule has 2 unspecified atom stereocenters. The molecule has 8 nitrogen and oxygen atoms in total. The van der Waals surface area contributed by atoms with Gasteiger partial charge in [0.15, 0.2) is 5.65 Å². The predicted octanol–water partition coefficient (Wildman–Crippen LogP) is 0.304. The molecule has 2 aromatic rings. The minimum Gasteiger partial charge on any atom is -0.395 e. The number of aromatic nitrogens is 3. The molecule has 0 amide bonds. The van der Waals surface area contributed by atoms with Gasteiger partial charge in [-0.3, -0.25) is 0 Å². The van der Waals surface area contributed by atoms with Crippen LogP contribution in [0.2, 0.25) is 5.28 Å². The molecule has 0 spiro atoms. The maximum absolute atomic E-state index is 12.2. The van der Waals surface area contributed by atoms with E-state index in [4.69, 9.17) is 21.4 Å². The summed E-state index contributed by atoms with van der Waals surface area (Å²) in [6, 6.07) is 1.64. The Bertz CT molecular complexity index is 823. The van der Waals surface area contributed by atoms with E-state index >= 15 is 0 Å². The van der Waals surface area contributed by atoms with E-state index in [9.17, 15) is 8.42 Å². The van der Waals surface area contributed by atoms with Crippen LogP contribution in [0.1, 0.15) is 18.7 Å². The van der Waals surface area contributed by atoms with Crippen LogP contribution in [-0.4, -0.2) is 59.0 Å². The quantitative estimate of drug-likeness (QED) is 0.755. The summed E-state index contributed by atoms with van der Waals surface area (Å²) in [6.07, 6.45) is 1.05. The minimum atomic E-state index is -3.71. The van der Waals surface area contributed by atoms with E-state index in [1.807, 2.05) is 6.92 Å². The molecule has 1 saturated heterocycles. The highest BCUT2D eigenvalue weighted by molar-refractivity contribution is 7.90. The first-order valence-corrected chi connectivity index (χ1v) is 9.16. The fourth-order valence-electron chi connectivity index (χ4n) is 2.68. The number of rotatable bonds is 4. The smallest absolute Gasteiger partial charge is 0.242 e. The van der Waals surface area contributed by atoms with Crippen LogP contribution in [0.5, 0.6) is 0 Å². The number of aliphatic hydroxyl groups is 1. The largest absolute Gasteiger partial charge is 0.395 e. The Morgan fingerprint density at radius 3 is 3.00 bits per heavy atom. The highest BCUT2D eigenvalue weighted by Gasteiger charge is 2.29. The van der Waals surface area contributed by atoms with Crippen molar-refractivity contribution in [2.75, 3.05) is 25.5 Å². The monoisotopic (exact) mass is 360 g/mol. The predicted molar refractivity (Wildman–Crippen MR) is 85.0 cm³/mol. The standard InChI is InChI=1S/C13H17ClN4O4S/c1-8-11(22-6-3-15-8)10-9-2-4-18(23(20,21)7-5-19)12(9)17-13(14)16-10/h2,4,8,11,15,19H,3,5-7H2,1H3. The Morgan fingerprint density at radius 2 is 2.30 bits per heavy atom.